The number of Topliss-reactive ketones (excluding diaryl/α,β-unsaturated/α-hetero) is 1. The van der Waals surface area contributed by atoms with Crippen molar-refractivity contribution in [1.82, 2.24) is 15.0 Å². The first-order valence-electron chi connectivity index (χ1n) is 18.2. The number of rotatable bonds is 24. The lowest BCUT2D eigenvalue weighted by Crippen LogP contribution is -2.33. The highest BCUT2D eigenvalue weighted by Gasteiger charge is 2.33. The van der Waals surface area contributed by atoms with Crippen LogP contribution in [0, 0.1) is 0 Å². The number of anilines is 1. The summed E-state index contributed by atoms with van der Waals surface area (Å²) in [5.41, 5.74) is 1.93. The van der Waals surface area contributed by atoms with Gasteiger partial charge in [-0.05, 0) is 70.9 Å². The van der Waals surface area contributed by atoms with Crippen molar-refractivity contribution in [3.63, 3.8) is 0 Å². The number of hydrogen-bond acceptors (Lipinski definition) is 6. The van der Waals surface area contributed by atoms with Crippen LogP contribution in [0.5, 0.6) is 11.5 Å². The van der Waals surface area contributed by atoms with E-state index in [0.29, 0.717) is 44.9 Å². The van der Waals surface area contributed by atoms with Crippen molar-refractivity contribution < 1.29 is 19.1 Å². The predicted octanol–water partition coefficient (Wildman–Crippen LogP) is 10.9. The molecule has 9 heteroatoms. The molecule has 0 saturated carbocycles. The van der Waals surface area contributed by atoms with E-state index in [1.54, 1.807) is 48.5 Å². The summed E-state index contributed by atoms with van der Waals surface area (Å²) in [4.78, 5) is 27.8. The molecule has 4 aromatic rings. The van der Waals surface area contributed by atoms with Crippen LogP contribution in [0.4, 0.5) is 5.69 Å². The quantitative estimate of drug-likeness (QED) is 0.0438. The van der Waals surface area contributed by atoms with Crippen molar-refractivity contribution in [3.05, 3.63) is 76.8 Å². The fourth-order valence-electron chi connectivity index (χ4n) is 6.14. The summed E-state index contributed by atoms with van der Waals surface area (Å²) in [5, 5.41) is 11.3. The molecule has 1 amide bonds. The second-order valence-electron chi connectivity index (χ2n) is 12.8. The number of carbonyl (C=O) groups excluding carboxylic acids is 2. The van der Waals surface area contributed by atoms with Crippen molar-refractivity contribution in [1.29, 1.82) is 0 Å². The van der Waals surface area contributed by atoms with Gasteiger partial charge in [-0.1, -0.05) is 127 Å². The van der Waals surface area contributed by atoms with Gasteiger partial charge in [0, 0.05) is 10.0 Å². The van der Waals surface area contributed by atoms with Gasteiger partial charge in [-0.15, -0.1) is 5.10 Å². The Kier molecular flexibility index (Phi) is 16.6. The average molecular weight is 734 g/mol. The Hall–Kier alpha value is -3.72. The number of hydrogen-bond donors (Lipinski definition) is 1. The second kappa shape index (κ2) is 21.4. The summed E-state index contributed by atoms with van der Waals surface area (Å²) >= 11 is 3.54. The van der Waals surface area contributed by atoms with E-state index >= 15 is 0 Å². The van der Waals surface area contributed by atoms with Gasteiger partial charge >= 0.3 is 0 Å². The third-order valence-electron chi connectivity index (χ3n) is 8.95. The summed E-state index contributed by atoms with van der Waals surface area (Å²) in [6, 6.07) is 18.1. The molecule has 0 spiro atoms. The lowest BCUT2D eigenvalue weighted by molar-refractivity contribution is -0.118. The van der Waals surface area contributed by atoms with Gasteiger partial charge in [0.15, 0.2) is 11.8 Å². The molecule has 0 aliphatic heterocycles. The fourth-order valence-corrected chi connectivity index (χ4v) is 6.67. The molecule has 8 nitrogen and oxygen atoms in total. The highest BCUT2D eigenvalue weighted by molar-refractivity contribution is 9.10. The Bertz CT molecular complexity index is 1570. The van der Waals surface area contributed by atoms with Crippen LogP contribution in [0.3, 0.4) is 0 Å². The number of nitrogens with zero attached hydrogens (tertiary/aromatic N) is 3. The minimum Gasteiger partial charge on any atom is -0.495 e. The van der Waals surface area contributed by atoms with Crippen LogP contribution < -0.4 is 14.8 Å². The zero-order valence-electron chi connectivity index (χ0n) is 29.3. The molecule has 4 rings (SSSR count). The first-order valence-corrected chi connectivity index (χ1v) is 19.0. The third kappa shape index (κ3) is 12.0. The number of nitrogens with one attached hydrogen (secondary N) is 1. The first-order chi connectivity index (χ1) is 24.0. The van der Waals surface area contributed by atoms with Gasteiger partial charge in [-0.3, -0.25) is 9.59 Å². The summed E-state index contributed by atoms with van der Waals surface area (Å²) in [5.74, 6) is 0.208. The van der Waals surface area contributed by atoms with E-state index in [0.717, 1.165) is 12.8 Å². The van der Waals surface area contributed by atoms with Crippen molar-refractivity contribution in [2.75, 3.05) is 19.0 Å². The van der Waals surface area contributed by atoms with Gasteiger partial charge in [0.2, 0.25) is 0 Å². The standard InChI is InChI=1S/C40H53BrN4O4/c1-3-4-5-6-7-8-9-10-11-12-13-14-15-16-17-20-30-49-32-28-26-31(27-29-32)39(46)38(40(47)42-34-23-18-19-25-36(34)48-2)45-37-33(41)22-21-24-35(37)43-44-45/h18-19,21-29,38H,3-17,20,30H2,1-2H3,(H,42,47). The zero-order chi connectivity index (χ0) is 34.7. The van der Waals surface area contributed by atoms with Crippen LogP contribution in [0.15, 0.2) is 71.2 Å². The molecular weight excluding hydrogens is 680 g/mol. The molecule has 0 radical (unpaired) electrons. The number of benzene rings is 3. The molecule has 1 unspecified atom stereocenters. The normalized spacial score (nSPS) is 11.8. The molecule has 0 aliphatic rings. The van der Waals surface area contributed by atoms with Crippen LogP contribution in [0.25, 0.3) is 11.0 Å². The van der Waals surface area contributed by atoms with Crippen LogP contribution in [0.1, 0.15) is 126 Å². The fraction of sp³-hybridized carbons (Fsp3) is 0.500. The van der Waals surface area contributed by atoms with E-state index in [-0.39, 0.29) is 0 Å². The Morgan fingerprint density at radius 2 is 1.35 bits per heavy atom. The number of halogens is 1. The minimum atomic E-state index is -1.31. The molecular formula is C40H53BrN4O4. The Morgan fingerprint density at radius 3 is 1.96 bits per heavy atom. The average Bonchev–Trinajstić information content (AvgIpc) is 3.55. The minimum absolute atomic E-state index is 0.366. The molecule has 1 N–H and O–H groups in total. The van der Waals surface area contributed by atoms with Crippen LogP contribution in [-0.4, -0.2) is 40.4 Å². The number of methoxy groups -OCH3 is 1. The molecule has 49 heavy (non-hydrogen) atoms. The highest BCUT2D eigenvalue weighted by Crippen LogP contribution is 2.29. The molecule has 0 fully saturated rings. The Morgan fingerprint density at radius 1 is 0.755 bits per heavy atom. The van der Waals surface area contributed by atoms with E-state index in [1.807, 2.05) is 18.2 Å². The Labute approximate surface area is 300 Å². The predicted molar refractivity (Wildman–Crippen MR) is 202 cm³/mol. The number of ketones is 1. The summed E-state index contributed by atoms with van der Waals surface area (Å²) in [7, 11) is 1.53. The number of para-hydroxylation sites is 3. The number of carbonyl (C=O) groups is 2. The maximum absolute atomic E-state index is 14.0. The Balaban J connectivity index is 1.22. The number of ether oxygens (including phenoxy) is 2. The summed E-state index contributed by atoms with van der Waals surface area (Å²) < 4.78 is 13.4. The smallest absolute Gasteiger partial charge is 0.257 e. The number of unbranched alkanes of at least 4 members (excludes halogenated alkanes) is 15. The number of aromatic nitrogens is 3. The van der Waals surface area contributed by atoms with Gasteiger partial charge in [-0.25, -0.2) is 4.68 Å². The molecule has 3 aromatic carbocycles. The molecule has 1 aromatic heterocycles. The van der Waals surface area contributed by atoms with E-state index in [9.17, 15) is 9.59 Å². The first kappa shape index (κ1) is 38.1. The molecule has 264 valence electrons. The number of fused-ring (bicyclic) bond motifs is 1. The molecule has 0 saturated heterocycles. The van der Waals surface area contributed by atoms with Gasteiger partial charge in [0.05, 0.1) is 19.4 Å². The molecule has 1 heterocycles. The maximum atomic E-state index is 14.0. The zero-order valence-corrected chi connectivity index (χ0v) is 30.9. The monoisotopic (exact) mass is 732 g/mol. The van der Waals surface area contributed by atoms with E-state index < -0.39 is 17.7 Å². The largest absolute Gasteiger partial charge is 0.495 e. The molecule has 1 atom stereocenters. The lowest BCUT2D eigenvalue weighted by Gasteiger charge is -2.18. The van der Waals surface area contributed by atoms with Crippen LogP contribution in [-0.2, 0) is 4.79 Å². The van der Waals surface area contributed by atoms with E-state index in [4.69, 9.17) is 9.47 Å². The molecule has 0 bridgehead atoms. The second-order valence-corrected chi connectivity index (χ2v) is 13.6. The van der Waals surface area contributed by atoms with Crippen LogP contribution >= 0.6 is 15.9 Å². The molecule has 0 aliphatic carbocycles. The van der Waals surface area contributed by atoms with Crippen molar-refractivity contribution in [2.24, 2.45) is 0 Å². The number of amides is 1. The summed E-state index contributed by atoms with van der Waals surface area (Å²) in [6.07, 6.45) is 21.3. The van der Waals surface area contributed by atoms with Gasteiger partial charge in [0.1, 0.15) is 22.5 Å². The third-order valence-corrected chi connectivity index (χ3v) is 9.59. The summed E-state index contributed by atoms with van der Waals surface area (Å²) in [6.45, 7) is 2.91. The maximum Gasteiger partial charge on any atom is 0.257 e. The van der Waals surface area contributed by atoms with Gasteiger partial charge < -0.3 is 14.8 Å². The highest BCUT2D eigenvalue weighted by atomic mass is 79.9. The SMILES string of the molecule is CCCCCCCCCCCCCCCCCCOc1ccc(C(=O)C(C(=O)Nc2ccccc2OC)n2nnc3cccc(Br)c32)cc1. The van der Waals surface area contributed by atoms with Gasteiger partial charge in [-0.2, -0.15) is 0 Å². The van der Waals surface area contributed by atoms with Gasteiger partial charge in [0.25, 0.3) is 5.91 Å². The lowest BCUT2D eigenvalue weighted by atomic mass is 10.0. The topological polar surface area (TPSA) is 95.3 Å². The van der Waals surface area contributed by atoms with Crippen molar-refractivity contribution >= 4 is 44.3 Å². The van der Waals surface area contributed by atoms with E-state index in [1.165, 1.54) is 102 Å². The van der Waals surface area contributed by atoms with Crippen molar-refractivity contribution in [3.8, 4) is 11.5 Å². The van der Waals surface area contributed by atoms with Crippen LogP contribution in [0.2, 0.25) is 0 Å². The van der Waals surface area contributed by atoms with Crippen molar-refractivity contribution in [2.45, 2.75) is 116 Å². The van der Waals surface area contributed by atoms with E-state index in [2.05, 4.69) is 38.5 Å².